The lowest BCUT2D eigenvalue weighted by Gasteiger charge is -2.43. The van der Waals surface area contributed by atoms with Gasteiger partial charge >= 0.3 is 0 Å². The number of methoxy groups -OCH3 is 1. The van der Waals surface area contributed by atoms with Crippen molar-refractivity contribution in [2.75, 3.05) is 39.6 Å². The zero-order chi connectivity index (χ0) is 17.6. The molecule has 1 amide bonds. The SMILES string of the molecule is COC[C@H]1CC2(CCN(C(=O)C3(F)CCC3)CC2)CN1S(C)(=O)=O. The monoisotopic (exact) mass is 362 g/mol. The van der Waals surface area contributed by atoms with Crippen molar-refractivity contribution in [3.8, 4) is 0 Å². The lowest BCUT2D eigenvalue weighted by molar-refractivity contribution is -0.152. The zero-order valence-electron chi connectivity index (χ0n) is 14.5. The first kappa shape index (κ1) is 18.1. The summed E-state index contributed by atoms with van der Waals surface area (Å²) >= 11 is 0. The third kappa shape index (κ3) is 3.20. The van der Waals surface area contributed by atoms with E-state index in [0.717, 1.165) is 25.7 Å². The van der Waals surface area contributed by atoms with Crippen LogP contribution in [-0.4, -0.2) is 74.8 Å². The van der Waals surface area contributed by atoms with E-state index in [4.69, 9.17) is 4.74 Å². The van der Waals surface area contributed by atoms with Gasteiger partial charge in [0.25, 0.3) is 5.91 Å². The molecule has 2 aliphatic heterocycles. The summed E-state index contributed by atoms with van der Waals surface area (Å²) in [5.74, 6) is -0.366. The van der Waals surface area contributed by atoms with Gasteiger partial charge in [-0.2, -0.15) is 4.31 Å². The molecule has 1 spiro atoms. The molecular weight excluding hydrogens is 335 g/mol. The molecule has 2 saturated heterocycles. The Labute approximate surface area is 143 Å². The Balaban J connectivity index is 1.66. The van der Waals surface area contributed by atoms with Gasteiger partial charge in [-0.05, 0) is 43.9 Å². The molecule has 0 aromatic rings. The van der Waals surface area contributed by atoms with Gasteiger partial charge in [-0.3, -0.25) is 4.79 Å². The minimum absolute atomic E-state index is 0.119. The number of hydrogen-bond acceptors (Lipinski definition) is 4. The van der Waals surface area contributed by atoms with Gasteiger partial charge in [0, 0.05) is 32.8 Å². The molecule has 8 heteroatoms. The maximum Gasteiger partial charge on any atom is 0.260 e. The molecular formula is C16H27FN2O4S. The molecule has 0 unspecified atom stereocenters. The number of sulfonamides is 1. The topological polar surface area (TPSA) is 66.9 Å². The molecule has 0 bridgehead atoms. The number of nitrogens with zero attached hydrogens (tertiary/aromatic N) is 2. The van der Waals surface area contributed by atoms with E-state index in [1.54, 1.807) is 12.0 Å². The Kier molecular flexibility index (Phi) is 4.68. The largest absolute Gasteiger partial charge is 0.383 e. The molecule has 3 aliphatic rings. The molecule has 24 heavy (non-hydrogen) atoms. The molecule has 3 rings (SSSR count). The molecule has 0 aromatic carbocycles. The van der Waals surface area contributed by atoms with Crippen LogP contribution in [0.1, 0.15) is 38.5 Å². The molecule has 1 saturated carbocycles. The van der Waals surface area contributed by atoms with E-state index in [1.807, 2.05) is 0 Å². The minimum atomic E-state index is -3.28. The van der Waals surface area contributed by atoms with Gasteiger partial charge in [0.2, 0.25) is 10.0 Å². The molecule has 0 radical (unpaired) electrons. The van der Waals surface area contributed by atoms with Crippen LogP contribution in [0.4, 0.5) is 4.39 Å². The van der Waals surface area contributed by atoms with Gasteiger partial charge in [-0.25, -0.2) is 12.8 Å². The maximum atomic E-state index is 14.3. The first-order valence-electron chi connectivity index (χ1n) is 8.63. The molecule has 0 aromatic heterocycles. The summed E-state index contributed by atoms with van der Waals surface area (Å²) in [5, 5.41) is 0. The third-order valence-corrected chi connectivity index (χ3v) is 7.27. The second-order valence-corrected chi connectivity index (χ2v) is 9.67. The summed E-state index contributed by atoms with van der Waals surface area (Å²) in [6.07, 6.45) is 4.88. The predicted molar refractivity (Wildman–Crippen MR) is 87.8 cm³/mol. The van der Waals surface area contributed by atoms with Crippen molar-refractivity contribution in [3.05, 3.63) is 0 Å². The highest BCUT2D eigenvalue weighted by Crippen LogP contribution is 2.45. The van der Waals surface area contributed by atoms with Crippen LogP contribution in [0.25, 0.3) is 0 Å². The van der Waals surface area contributed by atoms with Crippen molar-refractivity contribution in [2.24, 2.45) is 5.41 Å². The Morgan fingerprint density at radius 3 is 2.33 bits per heavy atom. The van der Waals surface area contributed by atoms with Gasteiger partial charge < -0.3 is 9.64 Å². The van der Waals surface area contributed by atoms with Crippen molar-refractivity contribution in [1.29, 1.82) is 0 Å². The summed E-state index contributed by atoms with van der Waals surface area (Å²) in [6.45, 7) is 1.89. The maximum absolute atomic E-state index is 14.3. The van der Waals surface area contributed by atoms with Gasteiger partial charge in [-0.1, -0.05) is 0 Å². The van der Waals surface area contributed by atoms with Crippen LogP contribution in [0.3, 0.4) is 0 Å². The van der Waals surface area contributed by atoms with Crippen LogP contribution in [0.5, 0.6) is 0 Å². The molecule has 2 heterocycles. The smallest absolute Gasteiger partial charge is 0.260 e. The molecule has 3 fully saturated rings. The number of amides is 1. The lowest BCUT2D eigenvalue weighted by atomic mass is 9.75. The normalized spacial score (nSPS) is 29.6. The summed E-state index contributed by atoms with van der Waals surface area (Å²) in [7, 11) is -1.71. The number of carbonyl (C=O) groups is 1. The molecule has 138 valence electrons. The number of hydrogen-bond donors (Lipinski definition) is 0. The van der Waals surface area contributed by atoms with Gasteiger partial charge in [0.05, 0.1) is 12.9 Å². The standard InChI is InChI=1S/C16H27FN2O4S/c1-23-11-13-10-15(12-19(13)24(2,21)22)6-8-18(9-7-15)14(20)16(17)4-3-5-16/h13H,3-12H2,1-2H3/t13-/m1/s1. The Bertz CT molecular complexity index is 597. The quantitative estimate of drug-likeness (QED) is 0.753. The van der Waals surface area contributed by atoms with E-state index in [-0.39, 0.29) is 17.4 Å². The van der Waals surface area contributed by atoms with Gasteiger partial charge in [0.1, 0.15) is 0 Å². The van der Waals surface area contributed by atoms with Gasteiger partial charge in [-0.15, -0.1) is 0 Å². The van der Waals surface area contributed by atoms with Crippen LogP contribution in [0, 0.1) is 5.41 Å². The van der Waals surface area contributed by atoms with Gasteiger partial charge in [0.15, 0.2) is 5.67 Å². The predicted octanol–water partition coefficient (Wildman–Crippen LogP) is 1.17. The first-order valence-corrected chi connectivity index (χ1v) is 10.5. The first-order chi connectivity index (χ1) is 11.2. The Hall–Kier alpha value is -0.730. The van der Waals surface area contributed by atoms with Crippen LogP contribution in [-0.2, 0) is 19.6 Å². The zero-order valence-corrected chi connectivity index (χ0v) is 15.3. The van der Waals surface area contributed by atoms with Crippen molar-refractivity contribution < 1.29 is 22.3 Å². The average molecular weight is 362 g/mol. The number of ether oxygens (including phenoxy) is 1. The number of halogens is 1. The lowest BCUT2D eigenvalue weighted by Crippen LogP contribution is -2.54. The Morgan fingerprint density at radius 1 is 1.25 bits per heavy atom. The fourth-order valence-electron chi connectivity index (χ4n) is 4.38. The van der Waals surface area contributed by atoms with Crippen molar-refractivity contribution in [3.63, 3.8) is 0 Å². The second-order valence-electron chi connectivity index (χ2n) is 7.73. The average Bonchev–Trinajstić information content (AvgIpc) is 2.84. The van der Waals surface area contributed by atoms with E-state index >= 15 is 0 Å². The summed E-state index contributed by atoms with van der Waals surface area (Å²) in [5.41, 5.74) is -1.76. The third-order valence-electron chi connectivity index (χ3n) is 5.99. The molecule has 6 nitrogen and oxygen atoms in total. The molecule has 1 aliphatic carbocycles. The van der Waals surface area contributed by atoms with Crippen LogP contribution in [0.2, 0.25) is 0 Å². The number of piperidine rings is 1. The van der Waals surface area contributed by atoms with Crippen molar-refractivity contribution in [2.45, 2.75) is 50.2 Å². The number of carbonyl (C=O) groups excluding carboxylic acids is 1. The van der Waals surface area contributed by atoms with E-state index in [2.05, 4.69) is 0 Å². The Morgan fingerprint density at radius 2 is 1.88 bits per heavy atom. The second kappa shape index (κ2) is 6.21. The molecule has 0 N–H and O–H groups in total. The fraction of sp³-hybridized carbons (Fsp3) is 0.938. The van der Waals surface area contributed by atoms with Crippen LogP contribution >= 0.6 is 0 Å². The minimum Gasteiger partial charge on any atom is -0.383 e. The van der Waals surface area contributed by atoms with Crippen LogP contribution in [0.15, 0.2) is 0 Å². The van der Waals surface area contributed by atoms with E-state index in [0.29, 0.717) is 39.1 Å². The van der Waals surface area contributed by atoms with Crippen molar-refractivity contribution >= 4 is 15.9 Å². The number of likely N-dealkylation sites (tertiary alicyclic amines) is 1. The number of rotatable bonds is 4. The van der Waals surface area contributed by atoms with Crippen molar-refractivity contribution in [1.82, 2.24) is 9.21 Å². The van der Waals surface area contributed by atoms with E-state index in [9.17, 15) is 17.6 Å². The van der Waals surface area contributed by atoms with E-state index in [1.165, 1.54) is 10.6 Å². The number of alkyl halides is 1. The highest BCUT2D eigenvalue weighted by molar-refractivity contribution is 7.88. The highest BCUT2D eigenvalue weighted by atomic mass is 32.2. The summed E-state index contributed by atoms with van der Waals surface area (Å²) in [6, 6.07) is -0.147. The summed E-state index contributed by atoms with van der Waals surface area (Å²) < 4.78 is 45.2. The molecule has 1 atom stereocenters. The summed E-state index contributed by atoms with van der Waals surface area (Å²) in [4.78, 5) is 14.0. The fourth-order valence-corrected chi connectivity index (χ4v) is 5.56. The van der Waals surface area contributed by atoms with Crippen LogP contribution < -0.4 is 0 Å². The highest BCUT2D eigenvalue weighted by Gasteiger charge is 2.52. The van der Waals surface area contributed by atoms with E-state index < -0.39 is 15.7 Å².